The fourth-order valence-corrected chi connectivity index (χ4v) is 2.00. The monoisotopic (exact) mass is 317 g/mol. The molecule has 2 rings (SSSR count). The molecule has 0 bridgehead atoms. The topological polar surface area (TPSA) is 134 Å². The highest BCUT2D eigenvalue weighted by atomic mass is 16.6. The van der Waals surface area contributed by atoms with Crippen molar-refractivity contribution in [2.45, 2.75) is 13.3 Å². The van der Waals surface area contributed by atoms with Crippen LogP contribution in [0.25, 0.3) is 0 Å². The van der Waals surface area contributed by atoms with Gasteiger partial charge in [-0.25, -0.2) is 10.4 Å². The summed E-state index contributed by atoms with van der Waals surface area (Å²) < 4.78 is 0. The third-order valence-corrected chi connectivity index (χ3v) is 3.09. The minimum atomic E-state index is -0.505. The number of aliphatic hydroxyl groups is 1. The SMILES string of the molecule is Cc1nc(N/N=C\c2ccccc2[N+](=O)[O-])[nH]c(=O)c1CCO. The molecule has 2 aromatic rings. The number of hydrazone groups is 1. The van der Waals surface area contributed by atoms with E-state index in [-0.39, 0.29) is 30.2 Å². The number of aliphatic hydroxyl groups excluding tert-OH is 1. The Kier molecular flexibility index (Phi) is 5.15. The molecule has 0 spiro atoms. The summed E-state index contributed by atoms with van der Waals surface area (Å²) in [6.45, 7) is 1.51. The summed E-state index contributed by atoms with van der Waals surface area (Å²) in [5.41, 5.74) is 3.29. The standard InChI is InChI=1S/C14H15N5O4/c1-9-11(6-7-20)13(21)17-14(16-9)18-15-8-10-4-2-3-5-12(10)19(22)23/h2-5,8,20H,6-7H2,1H3,(H2,16,17,18,21)/b15-8-. The number of nitro groups is 1. The summed E-state index contributed by atoms with van der Waals surface area (Å²) in [5.74, 6) is 0.115. The van der Waals surface area contributed by atoms with Gasteiger partial charge < -0.3 is 5.11 Å². The zero-order chi connectivity index (χ0) is 16.8. The number of anilines is 1. The van der Waals surface area contributed by atoms with E-state index in [1.807, 2.05) is 0 Å². The fourth-order valence-electron chi connectivity index (χ4n) is 2.00. The first-order valence-corrected chi connectivity index (χ1v) is 6.76. The number of nitrogens with zero attached hydrogens (tertiary/aromatic N) is 3. The first-order valence-electron chi connectivity index (χ1n) is 6.76. The molecular formula is C14H15N5O4. The van der Waals surface area contributed by atoms with E-state index in [9.17, 15) is 14.9 Å². The number of hydrogen-bond acceptors (Lipinski definition) is 7. The van der Waals surface area contributed by atoms with Crippen LogP contribution in [0, 0.1) is 17.0 Å². The second-order valence-electron chi connectivity index (χ2n) is 4.64. The summed E-state index contributed by atoms with van der Waals surface area (Å²) in [7, 11) is 0. The number of para-hydroxylation sites is 1. The van der Waals surface area contributed by atoms with E-state index in [1.54, 1.807) is 25.1 Å². The molecule has 1 heterocycles. The van der Waals surface area contributed by atoms with Gasteiger partial charge in [-0.2, -0.15) is 5.10 Å². The second-order valence-corrected chi connectivity index (χ2v) is 4.64. The lowest BCUT2D eigenvalue weighted by molar-refractivity contribution is -0.385. The number of benzene rings is 1. The van der Waals surface area contributed by atoms with Crippen LogP contribution in [0.4, 0.5) is 11.6 Å². The largest absolute Gasteiger partial charge is 0.396 e. The molecule has 0 atom stereocenters. The molecule has 120 valence electrons. The first-order chi connectivity index (χ1) is 11.0. The zero-order valence-corrected chi connectivity index (χ0v) is 12.3. The van der Waals surface area contributed by atoms with E-state index in [1.165, 1.54) is 12.3 Å². The van der Waals surface area contributed by atoms with Crippen LogP contribution < -0.4 is 11.0 Å². The fraction of sp³-hybridized carbons (Fsp3) is 0.214. The molecule has 0 amide bonds. The van der Waals surface area contributed by atoms with Crippen molar-refractivity contribution < 1.29 is 10.0 Å². The molecule has 9 nitrogen and oxygen atoms in total. The molecule has 9 heteroatoms. The summed E-state index contributed by atoms with van der Waals surface area (Å²) in [6.07, 6.45) is 1.49. The Labute approximate surface area is 130 Å². The van der Waals surface area contributed by atoms with Crippen LogP contribution in [0.5, 0.6) is 0 Å². The molecule has 0 radical (unpaired) electrons. The highest BCUT2D eigenvalue weighted by Crippen LogP contribution is 2.15. The third-order valence-electron chi connectivity index (χ3n) is 3.09. The van der Waals surface area contributed by atoms with E-state index >= 15 is 0 Å². The molecular weight excluding hydrogens is 302 g/mol. The summed E-state index contributed by atoms with van der Waals surface area (Å²) in [6, 6.07) is 6.14. The molecule has 23 heavy (non-hydrogen) atoms. The van der Waals surface area contributed by atoms with Crippen molar-refractivity contribution in [1.82, 2.24) is 9.97 Å². The number of nitro benzene ring substituents is 1. The smallest absolute Gasteiger partial charge is 0.278 e. The Bertz CT molecular complexity index is 800. The van der Waals surface area contributed by atoms with Gasteiger partial charge in [0.05, 0.1) is 22.4 Å². The molecule has 1 aromatic carbocycles. The highest BCUT2D eigenvalue weighted by Gasteiger charge is 2.10. The normalized spacial score (nSPS) is 10.9. The van der Waals surface area contributed by atoms with Crippen LogP contribution in [0.1, 0.15) is 16.8 Å². The molecule has 0 aliphatic heterocycles. The van der Waals surface area contributed by atoms with E-state index in [0.29, 0.717) is 16.8 Å². The number of nitrogens with one attached hydrogen (secondary N) is 2. The Morgan fingerprint density at radius 3 is 2.87 bits per heavy atom. The average Bonchev–Trinajstić information content (AvgIpc) is 2.51. The summed E-state index contributed by atoms with van der Waals surface area (Å²) in [4.78, 5) is 28.8. The van der Waals surface area contributed by atoms with Gasteiger partial charge in [-0.15, -0.1) is 0 Å². The maximum absolute atomic E-state index is 11.8. The van der Waals surface area contributed by atoms with Crippen LogP contribution in [-0.4, -0.2) is 32.8 Å². The Morgan fingerprint density at radius 1 is 1.48 bits per heavy atom. The minimum Gasteiger partial charge on any atom is -0.396 e. The van der Waals surface area contributed by atoms with E-state index in [2.05, 4.69) is 20.5 Å². The summed E-state index contributed by atoms with van der Waals surface area (Å²) in [5, 5.41) is 23.6. The summed E-state index contributed by atoms with van der Waals surface area (Å²) >= 11 is 0. The van der Waals surface area contributed by atoms with Crippen molar-refractivity contribution >= 4 is 17.9 Å². The van der Waals surface area contributed by atoms with Crippen molar-refractivity contribution in [3.8, 4) is 0 Å². The maximum Gasteiger partial charge on any atom is 0.278 e. The van der Waals surface area contributed by atoms with Crippen LogP contribution in [0.2, 0.25) is 0 Å². The Hall–Kier alpha value is -3.07. The zero-order valence-electron chi connectivity index (χ0n) is 12.3. The number of aromatic amines is 1. The van der Waals surface area contributed by atoms with E-state index < -0.39 is 4.92 Å². The van der Waals surface area contributed by atoms with Gasteiger partial charge >= 0.3 is 0 Å². The molecule has 0 fully saturated rings. The molecule has 0 aliphatic rings. The van der Waals surface area contributed by atoms with Crippen molar-refractivity contribution in [2.75, 3.05) is 12.0 Å². The highest BCUT2D eigenvalue weighted by molar-refractivity contribution is 5.85. The third kappa shape index (κ3) is 3.98. The van der Waals surface area contributed by atoms with Crippen LogP contribution >= 0.6 is 0 Å². The predicted molar refractivity (Wildman–Crippen MR) is 84.7 cm³/mol. The van der Waals surface area contributed by atoms with Crippen molar-refractivity contribution in [1.29, 1.82) is 0 Å². The van der Waals surface area contributed by atoms with Crippen LogP contribution in [0.15, 0.2) is 34.2 Å². The number of hydrogen-bond donors (Lipinski definition) is 3. The van der Waals surface area contributed by atoms with Crippen LogP contribution in [0.3, 0.4) is 0 Å². The lowest BCUT2D eigenvalue weighted by Gasteiger charge is -2.05. The lowest BCUT2D eigenvalue weighted by atomic mass is 10.2. The van der Waals surface area contributed by atoms with E-state index in [4.69, 9.17) is 5.11 Å². The predicted octanol–water partition coefficient (Wildman–Crippen LogP) is 0.967. The van der Waals surface area contributed by atoms with Gasteiger partial charge in [-0.05, 0) is 13.0 Å². The van der Waals surface area contributed by atoms with Gasteiger partial charge in [0.25, 0.3) is 11.2 Å². The van der Waals surface area contributed by atoms with Gasteiger partial charge in [0, 0.05) is 24.7 Å². The average molecular weight is 317 g/mol. The van der Waals surface area contributed by atoms with E-state index in [0.717, 1.165) is 0 Å². The van der Waals surface area contributed by atoms with Gasteiger partial charge in [-0.1, -0.05) is 12.1 Å². The van der Waals surface area contributed by atoms with Crippen molar-refractivity contribution in [2.24, 2.45) is 5.10 Å². The van der Waals surface area contributed by atoms with Crippen LogP contribution in [-0.2, 0) is 6.42 Å². The molecule has 1 aromatic heterocycles. The lowest BCUT2D eigenvalue weighted by Crippen LogP contribution is -2.19. The number of aryl methyl sites for hydroxylation is 1. The van der Waals surface area contributed by atoms with Crippen molar-refractivity contribution in [3.63, 3.8) is 0 Å². The van der Waals surface area contributed by atoms with Gasteiger partial charge in [-0.3, -0.25) is 19.9 Å². The number of aromatic nitrogens is 2. The Balaban J connectivity index is 2.19. The number of H-pyrrole nitrogens is 1. The number of rotatable bonds is 6. The molecule has 0 aliphatic carbocycles. The van der Waals surface area contributed by atoms with Gasteiger partial charge in [0.1, 0.15) is 0 Å². The second kappa shape index (κ2) is 7.27. The van der Waals surface area contributed by atoms with Gasteiger partial charge in [0.2, 0.25) is 5.95 Å². The Morgan fingerprint density at radius 2 is 2.22 bits per heavy atom. The maximum atomic E-state index is 11.8. The molecule has 0 saturated heterocycles. The van der Waals surface area contributed by atoms with Gasteiger partial charge in [0.15, 0.2) is 0 Å². The first kappa shape index (κ1) is 16.3. The minimum absolute atomic E-state index is 0.0750. The quantitative estimate of drug-likeness (QED) is 0.413. The molecule has 3 N–H and O–H groups in total. The molecule has 0 saturated carbocycles. The van der Waals surface area contributed by atoms with Crippen molar-refractivity contribution in [3.05, 3.63) is 61.6 Å². The molecule has 0 unspecified atom stereocenters.